The van der Waals surface area contributed by atoms with Crippen LogP contribution in [0.3, 0.4) is 0 Å². The summed E-state index contributed by atoms with van der Waals surface area (Å²) < 4.78 is 5.07. The maximum atomic E-state index is 11.1. The number of carbonyl (C=O) groups is 1. The van der Waals surface area contributed by atoms with Crippen LogP contribution in [0.15, 0.2) is 18.2 Å². The van der Waals surface area contributed by atoms with Crippen LogP contribution in [0.4, 0.5) is 0 Å². The van der Waals surface area contributed by atoms with Crippen molar-refractivity contribution in [3.63, 3.8) is 0 Å². The van der Waals surface area contributed by atoms with Crippen LogP contribution in [-0.2, 0) is 11.2 Å². The third kappa shape index (κ3) is 2.74. The fourth-order valence-electron chi connectivity index (χ4n) is 1.25. The fraction of sp³-hybridized carbons (Fsp3) is 0.364. The number of benzene rings is 1. The van der Waals surface area contributed by atoms with Crippen LogP contribution < -0.4 is 4.74 Å². The van der Waals surface area contributed by atoms with E-state index in [2.05, 4.69) is 0 Å². The van der Waals surface area contributed by atoms with Gasteiger partial charge in [0.05, 0.1) is 13.0 Å². The van der Waals surface area contributed by atoms with Gasteiger partial charge in [-0.05, 0) is 30.2 Å². The molecule has 0 aliphatic carbocycles. The lowest BCUT2D eigenvalue weighted by Gasteiger charge is -2.06. The highest BCUT2D eigenvalue weighted by atomic mass is 35.5. The molecule has 0 aromatic heterocycles. The first kappa shape index (κ1) is 11.1. The van der Waals surface area contributed by atoms with Crippen LogP contribution in [0, 0.1) is 6.92 Å². The number of hydrogen-bond acceptors (Lipinski definition) is 2. The quantitative estimate of drug-likeness (QED) is 0.717. The van der Waals surface area contributed by atoms with Gasteiger partial charge >= 0.3 is 0 Å². The maximum Gasteiger partial charge on any atom is 0.151 e. The van der Waals surface area contributed by atoms with Gasteiger partial charge < -0.3 is 4.74 Å². The number of ether oxygens (including phenoxy) is 1. The molecule has 0 heterocycles. The molecule has 0 aliphatic rings. The zero-order valence-corrected chi connectivity index (χ0v) is 9.10. The Hall–Kier alpha value is -1.02. The molecule has 0 unspecified atom stereocenters. The molecule has 0 saturated heterocycles. The van der Waals surface area contributed by atoms with Crippen LogP contribution in [0.25, 0.3) is 0 Å². The second-order valence-electron chi connectivity index (χ2n) is 3.14. The van der Waals surface area contributed by atoms with E-state index >= 15 is 0 Å². The van der Waals surface area contributed by atoms with E-state index in [9.17, 15) is 4.79 Å². The fourth-order valence-corrected chi connectivity index (χ4v) is 1.35. The largest absolute Gasteiger partial charge is 0.497 e. The number of rotatable bonds is 4. The third-order valence-electron chi connectivity index (χ3n) is 2.09. The van der Waals surface area contributed by atoms with Crippen LogP contribution in [0.5, 0.6) is 5.75 Å². The van der Waals surface area contributed by atoms with Gasteiger partial charge in [0.25, 0.3) is 0 Å². The second-order valence-corrected chi connectivity index (χ2v) is 3.41. The van der Waals surface area contributed by atoms with Crippen LogP contribution >= 0.6 is 11.6 Å². The number of carbonyl (C=O) groups excluding carboxylic acids is 1. The summed E-state index contributed by atoms with van der Waals surface area (Å²) in [7, 11) is 1.62. The standard InChI is InChI=1S/C11H13ClO2/c1-8-5-11(14-2)4-3-9(8)6-10(13)7-12/h3-5H,6-7H2,1-2H3. The number of ketones is 1. The third-order valence-corrected chi connectivity index (χ3v) is 2.38. The molecule has 2 nitrogen and oxygen atoms in total. The molecule has 0 bridgehead atoms. The lowest BCUT2D eigenvalue weighted by Crippen LogP contribution is -2.05. The molecule has 0 atom stereocenters. The summed E-state index contributed by atoms with van der Waals surface area (Å²) in [6.45, 7) is 1.96. The number of methoxy groups -OCH3 is 1. The Morgan fingerprint density at radius 2 is 2.21 bits per heavy atom. The molecule has 0 saturated carbocycles. The van der Waals surface area contributed by atoms with E-state index in [-0.39, 0.29) is 11.7 Å². The highest BCUT2D eigenvalue weighted by Crippen LogP contribution is 2.17. The van der Waals surface area contributed by atoms with Crippen LogP contribution in [-0.4, -0.2) is 18.8 Å². The summed E-state index contributed by atoms with van der Waals surface area (Å²) >= 11 is 5.44. The SMILES string of the molecule is COc1ccc(CC(=O)CCl)c(C)c1. The molecular weight excluding hydrogens is 200 g/mol. The van der Waals surface area contributed by atoms with E-state index in [4.69, 9.17) is 16.3 Å². The van der Waals surface area contributed by atoms with Crippen LogP contribution in [0.1, 0.15) is 11.1 Å². The van der Waals surface area contributed by atoms with Crippen molar-refractivity contribution in [2.24, 2.45) is 0 Å². The molecule has 0 aliphatic heterocycles. The molecule has 1 aromatic carbocycles. The number of aryl methyl sites for hydroxylation is 1. The highest BCUT2D eigenvalue weighted by Gasteiger charge is 2.05. The minimum absolute atomic E-state index is 0.0416. The van der Waals surface area contributed by atoms with Crippen molar-refractivity contribution in [3.05, 3.63) is 29.3 Å². The molecular formula is C11H13ClO2. The van der Waals surface area contributed by atoms with Gasteiger partial charge in [0.2, 0.25) is 0 Å². The Labute approximate surface area is 88.8 Å². The molecule has 1 rings (SSSR count). The van der Waals surface area contributed by atoms with E-state index < -0.39 is 0 Å². The van der Waals surface area contributed by atoms with E-state index in [0.29, 0.717) is 6.42 Å². The van der Waals surface area contributed by atoms with Crippen molar-refractivity contribution in [3.8, 4) is 5.75 Å². The number of hydrogen-bond donors (Lipinski definition) is 0. The molecule has 76 valence electrons. The Morgan fingerprint density at radius 3 is 2.71 bits per heavy atom. The second kappa shape index (κ2) is 5.01. The molecule has 0 N–H and O–H groups in total. The predicted molar refractivity (Wildman–Crippen MR) is 57.2 cm³/mol. The van der Waals surface area contributed by atoms with Crippen molar-refractivity contribution in [2.45, 2.75) is 13.3 Å². The number of halogens is 1. The highest BCUT2D eigenvalue weighted by molar-refractivity contribution is 6.27. The van der Waals surface area contributed by atoms with Gasteiger partial charge in [-0.2, -0.15) is 0 Å². The Kier molecular flexibility index (Phi) is 3.96. The summed E-state index contributed by atoms with van der Waals surface area (Å²) in [6, 6.07) is 5.67. The first-order chi connectivity index (χ1) is 6.67. The first-order valence-corrected chi connectivity index (χ1v) is 4.92. The van der Waals surface area contributed by atoms with Gasteiger partial charge in [-0.25, -0.2) is 0 Å². The van der Waals surface area contributed by atoms with Gasteiger partial charge in [-0.1, -0.05) is 6.07 Å². The van der Waals surface area contributed by atoms with Gasteiger partial charge in [-0.15, -0.1) is 11.6 Å². The molecule has 0 spiro atoms. The summed E-state index contributed by atoms with van der Waals surface area (Å²) in [5.41, 5.74) is 2.07. The van der Waals surface area contributed by atoms with Gasteiger partial charge in [-0.3, -0.25) is 4.79 Å². The van der Waals surface area contributed by atoms with Crippen molar-refractivity contribution in [1.82, 2.24) is 0 Å². The normalized spacial score (nSPS) is 9.93. The smallest absolute Gasteiger partial charge is 0.151 e. The topological polar surface area (TPSA) is 26.3 Å². The minimum atomic E-state index is 0.0416. The van der Waals surface area contributed by atoms with Crippen molar-refractivity contribution in [1.29, 1.82) is 0 Å². The zero-order chi connectivity index (χ0) is 10.6. The summed E-state index contributed by atoms with van der Waals surface area (Å²) in [5.74, 6) is 0.926. The van der Waals surface area contributed by atoms with Crippen molar-refractivity contribution < 1.29 is 9.53 Å². The average Bonchev–Trinajstić information content (AvgIpc) is 2.20. The van der Waals surface area contributed by atoms with E-state index in [0.717, 1.165) is 16.9 Å². The number of alkyl halides is 1. The van der Waals surface area contributed by atoms with Gasteiger partial charge in [0.15, 0.2) is 5.78 Å². The molecule has 0 fully saturated rings. The molecule has 0 amide bonds. The van der Waals surface area contributed by atoms with E-state index in [1.54, 1.807) is 7.11 Å². The minimum Gasteiger partial charge on any atom is -0.497 e. The Balaban J connectivity index is 2.83. The van der Waals surface area contributed by atoms with Gasteiger partial charge in [0.1, 0.15) is 5.75 Å². The first-order valence-electron chi connectivity index (χ1n) is 4.38. The summed E-state index contributed by atoms with van der Waals surface area (Å²) in [6.07, 6.45) is 0.402. The molecule has 0 radical (unpaired) electrons. The lowest BCUT2D eigenvalue weighted by molar-refractivity contribution is -0.116. The maximum absolute atomic E-state index is 11.1. The summed E-state index contributed by atoms with van der Waals surface area (Å²) in [4.78, 5) is 11.1. The predicted octanol–water partition coefficient (Wildman–Crippen LogP) is 2.35. The Morgan fingerprint density at radius 1 is 1.50 bits per heavy atom. The molecule has 3 heteroatoms. The summed E-state index contributed by atoms with van der Waals surface area (Å²) in [5, 5.41) is 0. The monoisotopic (exact) mass is 212 g/mol. The zero-order valence-electron chi connectivity index (χ0n) is 8.34. The van der Waals surface area contributed by atoms with E-state index in [1.807, 2.05) is 25.1 Å². The van der Waals surface area contributed by atoms with Crippen molar-refractivity contribution in [2.75, 3.05) is 13.0 Å². The van der Waals surface area contributed by atoms with Crippen molar-refractivity contribution >= 4 is 17.4 Å². The van der Waals surface area contributed by atoms with Crippen LogP contribution in [0.2, 0.25) is 0 Å². The lowest BCUT2D eigenvalue weighted by atomic mass is 10.0. The molecule has 14 heavy (non-hydrogen) atoms. The van der Waals surface area contributed by atoms with Gasteiger partial charge in [0, 0.05) is 6.42 Å². The average molecular weight is 213 g/mol. The number of Topliss-reactive ketones (excluding diaryl/α,β-unsaturated/α-hetero) is 1. The van der Waals surface area contributed by atoms with E-state index in [1.165, 1.54) is 0 Å². The Bertz CT molecular complexity index is 334. The molecule has 1 aromatic rings.